The van der Waals surface area contributed by atoms with E-state index in [9.17, 15) is 13.6 Å². The average Bonchev–Trinajstić information content (AvgIpc) is 2.28. The molecule has 0 aliphatic carbocycles. The van der Waals surface area contributed by atoms with Gasteiger partial charge in [0, 0.05) is 31.0 Å². The minimum Gasteiger partial charge on any atom is -0.362 e. The van der Waals surface area contributed by atoms with E-state index in [-0.39, 0.29) is 17.9 Å². The van der Waals surface area contributed by atoms with Gasteiger partial charge in [-0.15, -0.1) is 0 Å². The Morgan fingerprint density at radius 1 is 1.11 bits per heavy atom. The van der Waals surface area contributed by atoms with E-state index in [0.29, 0.717) is 18.5 Å². The highest BCUT2D eigenvalue weighted by Gasteiger charge is 2.38. The van der Waals surface area contributed by atoms with Crippen molar-refractivity contribution in [2.75, 3.05) is 4.90 Å². The second-order valence-corrected chi connectivity index (χ2v) is 5.19. The predicted molar refractivity (Wildman–Crippen MR) is 64.5 cm³/mol. The molecule has 1 aromatic carbocycles. The number of carbonyl (C=O) groups excluding carboxylic acids is 1. The van der Waals surface area contributed by atoms with Gasteiger partial charge in [-0.05, 0) is 31.4 Å². The standard InChI is InChI=1S/C14H15F2NO/c15-9-4-5-14(13(16)6-9)17-10-2-1-3-11(17)8-12(18)7-10/h4-6,10-11H,1-3,7-8H2. The molecule has 2 atom stereocenters. The molecule has 2 saturated heterocycles. The van der Waals surface area contributed by atoms with E-state index >= 15 is 0 Å². The zero-order valence-corrected chi connectivity index (χ0v) is 10.0. The second kappa shape index (κ2) is 4.34. The third kappa shape index (κ3) is 1.89. The number of rotatable bonds is 1. The normalized spacial score (nSPS) is 27.4. The number of ketones is 1. The fraction of sp³-hybridized carbons (Fsp3) is 0.500. The summed E-state index contributed by atoms with van der Waals surface area (Å²) in [6, 6.07) is 3.87. The highest BCUT2D eigenvalue weighted by molar-refractivity contribution is 5.82. The summed E-state index contributed by atoms with van der Waals surface area (Å²) in [5.41, 5.74) is 0.443. The molecule has 2 bridgehead atoms. The topological polar surface area (TPSA) is 20.3 Å². The second-order valence-electron chi connectivity index (χ2n) is 5.19. The Kier molecular flexibility index (Phi) is 2.80. The number of anilines is 1. The van der Waals surface area contributed by atoms with Gasteiger partial charge in [0.25, 0.3) is 0 Å². The van der Waals surface area contributed by atoms with Gasteiger partial charge in [0.05, 0.1) is 5.69 Å². The number of hydrogen-bond donors (Lipinski definition) is 0. The molecule has 18 heavy (non-hydrogen) atoms. The van der Waals surface area contributed by atoms with Crippen molar-refractivity contribution < 1.29 is 13.6 Å². The predicted octanol–water partition coefficient (Wildman–Crippen LogP) is 3.06. The van der Waals surface area contributed by atoms with Crippen LogP contribution in [0.1, 0.15) is 32.1 Å². The van der Waals surface area contributed by atoms with Crippen molar-refractivity contribution in [3.8, 4) is 0 Å². The lowest BCUT2D eigenvalue weighted by atomic mass is 9.83. The van der Waals surface area contributed by atoms with Crippen LogP contribution in [0.3, 0.4) is 0 Å². The van der Waals surface area contributed by atoms with Gasteiger partial charge in [-0.2, -0.15) is 0 Å². The molecule has 0 N–H and O–H groups in total. The fourth-order valence-electron chi connectivity index (χ4n) is 3.26. The molecule has 3 rings (SSSR count). The van der Waals surface area contributed by atoms with Crippen molar-refractivity contribution in [2.24, 2.45) is 0 Å². The molecule has 0 radical (unpaired) electrons. The van der Waals surface area contributed by atoms with E-state index in [2.05, 4.69) is 0 Å². The number of hydrogen-bond acceptors (Lipinski definition) is 2. The summed E-state index contributed by atoms with van der Waals surface area (Å²) >= 11 is 0. The Labute approximate surface area is 105 Å². The molecule has 4 heteroatoms. The first-order valence-corrected chi connectivity index (χ1v) is 6.40. The van der Waals surface area contributed by atoms with Crippen LogP contribution in [0.4, 0.5) is 14.5 Å². The average molecular weight is 251 g/mol. The zero-order valence-electron chi connectivity index (χ0n) is 10.0. The van der Waals surface area contributed by atoms with E-state index < -0.39 is 11.6 Å². The van der Waals surface area contributed by atoms with Gasteiger partial charge < -0.3 is 4.90 Å². The number of nitrogens with zero attached hydrogens (tertiary/aromatic N) is 1. The molecule has 1 aromatic rings. The lowest BCUT2D eigenvalue weighted by Gasteiger charge is -2.47. The number of piperidine rings is 2. The molecule has 0 saturated carbocycles. The first kappa shape index (κ1) is 11.6. The van der Waals surface area contributed by atoms with Crippen LogP contribution in [0.15, 0.2) is 18.2 Å². The summed E-state index contributed by atoms with van der Waals surface area (Å²) in [6.07, 6.45) is 3.90. The number of carbonyl (C=O) groups is 1. The maximum atomic E-state index is 13.9. The zero-order chi connectivity index (χ0) is 12.7. The van der Waals surface area contributed by atoms with Gasteiger partial charge in [-0.25, -0.2) is 8.78 Å². The summed E-state index contributed by atoms with van der Waals surface area (Å²) in [7, 11) is 0. The SMILES string of the molecule is O=C1CC2CCCC(C1)N2c1ccc(F)cc1F. The van der Waals surface area contributed by atoms with Gasteiger partial charge in [0.2, 0.25) is 0 Å². The Morgan fingerprint density at radius 3 is 2.39 bits per heavy atom. The Morgan fingerprint density at radius 2 is 1.78 bits per heavy atom. The van der Waals surface area contributed by atoms with Crippen molar-refractivity contribution >= 4 is 11.5 Å². The Hall–Kier alpha value is -1.45. The molecule has 0 aromatic heterocycles. The number of Topliss-reactive ketones (excluding diaryl/α,β-unsaturated/α-hetero) is 1. The van der Waals surface area contributed by atoms with E-state index in [1.165, 1.54) is 12.1 Å². The van der Waals surface area contributed by atoms with Crippen LogP contribution in [0.25, 0.3) is 0 Å². The van der Waals surface area contributed by atoms with Gasteiger partial charge in [0.1, 0.15) is 17.4 Å². The quantitative estimate of drug-likeness (QED) is 0.764. The van der Waals surface area contributed by atoms with Crippen LogP contribution in [0, 0.1) is 11.6 Å². The summed E-state index contributed by atoms with van der Waals surface area (Å²) in [4.78, 5) is 13.6. The van der Waals surface area contributed by atoms with Crippen LogP contribution in [-0.4, -0.2) is 17.9 Å². The van der Waals surface area contributed by atoms with Crippen LogP contribution < -0.4 is 4.90 Å². The van der Waals surface area contributed by atoms with Gasteiger partial charge in [0.15, 0.2) is 0 Å². The van der Waals surface area contributed by atoms with Crippen molar-refractivity contribution in [3.63, 3.8) is 0 Å². The van der Waals surface area contributed by atoms with E-state index in [4.69, 9.17) is 0 Å². The maximum Gasteiger partial charge on any atom is 0.149 e. The maximum absolute atomic E-state index is 13.9. The molecular weight excluding hydrogens is 236 g/mol. The molecule has 0 amide bonds. The van der Waals surface area contributed by atoms with E-state index in [1.807, 2.05) is 4.90 Å². The summed E-state index contributed by atoms with van der Waals surface area (Å²) in [5, 5.41) is 0. The molecule has 96 valence electrons. The van der Waals surface area contributed by atoms with Gasteiger partial charge >= 0.3 is 0 Å². The summed E-state index contributed by atoms with van der Waals surface area (Å²) in [5.74, 6) is -0.820. The molecule has 2 unspecified atom stereocenters. The van der Waals surface area contributed by atoms with Crippen LogP contribution in [0.2, 0.25) is 0 Å². The first-order valence-electron chi connectivity index (χ1n) is 6.40. The lowest BCUT2D eigenvalue weighted by molar-refractivity contribution is -0.121. The third-order valence-electron chi connectivity index (χ3n) is 3.98. The van der Waals surface area contributed by atoms with Gasteiger partial charge in [-0.3, -0.25) is 4.79 Å². The van der Waals surface area contributed by atoms with Crippen LogP contribution >= 0.6 is 0 Å². The van der Waals surface area contributed by atoms with Crippen molar-refractivity contribution in [1.29, 1.82) is 0 Å². The van der Waals surface area contributed by atoms with Crippen LogP contribution in [-0.2, 0) is 4.79 Å². The van der Waals surface area contributed by atoms with E-state index in [1.54, 1.807) is 0 Å². The van der Waals surface area contributed by atoms with Crippen LogP contribution in [0.5, 0.6) is 0 Å². The number of halogens is 2. The minimum absolute atomic E-state index is 0.0879. The lowest BCUT2D eigenvalue weighted by Crippen LogP contribution is -2.52. The minimum atomic E-state index is -0.561. The molecule has 2 aliphatic rings. The highest BCUT2D eigenvalue weighted by Crippen LogP contribution is 2.37. The molecule has 2 heterocycles. The Balaban J connectivity index is 1.97. The monoisotopic (exact) mass is 251 g/mol. The number of benzene rings is 1. The largest absolute Gasteiger partial charge is 0.362 e. The Bertz CT molecular complexity index is 473. The van der Waals surface area contributed by atoms with Crippen molar-refractivity contribution in [3.05, 3.63) is 29.8 Å². The molecular formula is C14H15F2NO. The fourth-order valence-corrected chi connectivity index (χ4v) is 3.26. The van der Waals surface area contributed by atoms with Gasteiger partial charge in [-0.1, -0.05) is 0 Å². The molecule has 2 nitrogen and oxygen atoms in total. The number of fused-ring (bicyclic) bond motifs is 2. The third-order valence-corrected chi connectivity index (χ3v) is 3.98. The summed E-state index contributed by atoms with van der Waals surface area (Å²) in [6.45, 7) is 0. The van der Waals surface area contributed by atoms with E-state index in [0.717, 1.165) is 25.3 Å². The molecule has 2 fully saturated rings. The smallest absolute Gasteiger partial charge is 0.149 e. The summed E-state index contributed by atoms with van der Waals surface area (Å²) < 4.78 is 26.8. The molecule has 2 aliphatic heterocycles. The van der Waals surface area contributed by atoms with Crippen molar-refractivity contribution in [1.82, 2.24) is 0 Å². The van der Waals surface area contributed by atoms with Crippen molar-refractivity contribution in [2.45, 2.75) is 44.2 Å². The molecule has 0 spiro atoms. The first-order chi connectivity index (χ1) is 8.65. The highest BCUT2D eigenvalue weighted by atomic mass is 19.1.